The fourth-order valence-corrected chi connectivity index (χ4v) is 2.64. The normalized spacial score (nSPS) is 10.6. The SMILES string of the molecule is Cc1ccc(CN(C)C(=O)CSc2ccc(Cl)cc2)o1. The molecular weight excluding hydrogens is 294 g/mol. The van der Waals surface area contributed by atoms with Gasteiger partial charge in [-0.05, 0) is 43.3 Å². The van der Waals surface area contributed by atoms with Crippen LogP contribution in [0.5, 0.6) is 0 Å². The predicted octanol–water partition coefficient (Wildman–Crippen LogP) is 3.99. The van der Waals surface area contributed by atoms with Crippen LogP contribution >= 0.6 is 23.4 Å². The van der Waals surface area contributed by atoms with E-state index < -0.39 is 0 Å². The molecule has 0 spiro atoms. The average molecular weight is 310 g/mol. The summed E-state index contributed by atoms with van der Waals surface area (Å²) in [6, 6.07) is 11.3. The van der Waals surface area contributed by atoms with Crippen molar-refractivity contribution in [2.45, 2.75) is 18.4 Å². The molecule has 0 radical (unpaired) electrons. The van der Waals surface area contributed by atoms with E-state index in [-0.39, 0.29) is 5.91 Å². The molecule has 106 valence electrons. The Kier molecular flexibility index (Phi) is 5.15. The molecule has 0 aliphatic heterocycles. The third kappa shape index (κ3) is 4.32. The summed E-state index contributed by atoms with van der Waals surface area (Å²) in [7, 11) is 1.78. The number of carbonyl (C=O) groups excluding carboxylic acids is 1. The van der Waals surface area contributed by atoms with Gasteiger partial charge in [0.25, 0.3) is 0 Å². The van der Waals surface area contributed by atoms with E-state index in [1.54, 1.807) is 11.9 Å². The summed E-state index contributed by atoms with van der Waals surface area (Å²) in [5.74, 6) is 2.13. The van der Waals surface area contributed by atoms with Crippen molar-refractivity contribution in [3.63, 3.8) is 0 Å². The molecule has 0 bridgehead atoms. The maximum Gasteiger partial charge on any atom is 0.233 e. The lowest BCUT2D eigenvalue weighted by atomic mass is 10.4. The number of nitrogens with zero attached hydrogens (tertiary/aromatic N) is 1. The monoisotopic (exact) mass is 309 g/mol. The first-order valence-electron chi connectivity index (χ1n) is 6.22. The maximum absolute atomic E-state index is 12.0. The summed E-state index contributed by atoms with van der Waals surface area (Å²) >= 11 is 7.32. The van der Waals surface area contributed by atoms with Gasteiger partial charge in [-0.15, -0.1) is 11.8 Å². The highest BCUT2D eigenvalue weighted by Gasteiger charge is 2.11. The molecular formula is C15H16ClNO2S. The lowest BCUT2D eigenvalue weighted by Crippen LogP contribution is -2.27. The van der Waals surface area contributed by atoms with Gasteiger partial charge in [0.2, 0.25) is 5.91 Å². The molecule has 0 fully saturated rings. The number of rotatable bonds is 5. The largest absolute Gasteiger partial charge is 0.464 e. The third-order valence-electron chi connectivity index (χ3n) is 2.79. The molecule has 0 aliphatic carbocycles. The zero-order chi connectivity index (χ0) is 14.5. The molecule has 0 atom stereocenters. The minimum atomic E-state index is 0.0685. The van der Waals surface area contributed by atoms with Gasteiger partial charge in [0.15, 0.2) is 0 Å². The van der Waals surface area contributed by atoms with Crippen LogP contribution in [0.2, 0.25) is 5.02 Å². The number of halogens is 1. The molecule has 1 aromatic carbocycles. The van der Waals surface area contributed by atoms with Crippen LogP contribution in [0.25, 0.3) is 0 Å². The Balaban J connectivity index is 1.83. The van der Waals surface area contributed by atoms with Crippen molar-refractivity contribution in [1.29, 1.82) is 0 Å². The zero-order valence-corrected chi connectivity index (χ0v) is 13.0. The second-order valence-electron chi connectivity index (χ2n) is 4.50. The summed E-state index contributed by atoms with van der Waals surface area (Å²) in [6.45, 7) is 2.38. The van der Waals surface area contributed by atoms with E-state index in [2.05, 4.69) is 0 Å². The average Bonchev–Trinajstić information content (AvgIpc) is 2.83. The Morgan fingerprint density at radius 3 is 2.55 bits per heavy atom. The second-order valence-corrected chi connectivity index (χ2v) is 5.99. The molecule has 1 aromatic heterocycles. The number of benzene rings is 1. The van der Waals surface area contributed by atoms with Crippen molar-refractivity contribution >= 4 is 29.3 Å². The van der Waals surface area contributed by atoms with Gasteiger partial charge in [-0.25, -0.2) is 0 Å². The summed E-state index contributed by atoms with van der Waals surface area (Å²) in [6.07, 6.45) is 0. The fourth-order valence-electron chi connectivity index (χ4n) is 1.68. The van der Waals surface area contributed by atoms with Crippen LogP contribution in [0.15, 0.2) is 45.7 Å². The summed E-state index contributed by atoms with van der Waals surface area (Å²) in [4.78, 5) is 14.7. The van der Waals surface area contributed by atoms with Crippen molar-refractivity contribution in [3.8, 4) is 0 Å². The first kappa shape index (κ1) is 15.0. The van der Waals surface area contributed by atoms with Crippen molar-refractivity contribution in [1.82, 2.24) is 4.90 Å². The van der Waals surface area contributed by atoms with Crippen LogP contribution in [0.3, 0.4) is 0 Å². The highest BCUT2D eigenvalue weighted by atomic mass is 35.5. The van der Waals surface area contributed by atoms with Crippen LogP contribution in [-0.4, -0.2) is 23.6 Å². The van der Waals surface area contributed by atoms with Crippen molar-refractivity contribution in [2.75, 3.05) is 12.8 Å². The van der Waals surface area contributed by atoms with Gasteiger partial charge in [0, 0.05) is 17.0 Å². The highest BCUT2D eigenvalue weighted by Crippen LogP contribution is 2.20. The van der Waals surface area contributed by atoms with Crippen LogP contribution < -0.4 is 0 Å². The minimum Gasteiger partial charge on any atom is -0.464 e. The number of hydrogen-bond donors (Lipinski definition) is 0. The van der Waals surface area contributed by atoms with Crippen LogP contribution in [0.4, 0.5) is 0 Å². The second kappa shape index (κ2) is 6.86. The molecule has 2 aromatic rings. The molecule has 0 saturated carbocycles. The Hall–Kier alpha value is -1.39. The Morgan fingerprint density at radius 2 is 1.95 bits per heavy atom. The Labute approximate surface area is 127 Å². The standard InChI is InChI=1S/C15H16ClNO2S/c1-11-3-6-13(19-11)9-17(2)15(18)10-20-14-7-4-12(16)5-8-14/h3-8H,9-10H2,1-2H3. The molecule has 1 amide bonds. The lowest BCUT2D eigenvalue weighted by molar-refractivity contribution is -0.127. The van der Waals surface area contributed by atoms with E-state index >= 15 is 0 Å². The number of hydrogen-bond acceptors (Lipinski definition) is 3. The smallest absolute Gasteiger partial charge is 0.233 e. The number of thioether (sulfide) groups is 1. The van der Waals surface area contributed by atoms with Gasteiger partial charge in [-0.2, -0.15) is 0 Å². The van der Waals surface area contributed by atoms with Gasteiger partial charge in [-0.1, -0.05) is 11.6 Å². The molecule has 1 heterocycles. The number of amides is 1. The topological polar surface area (TPSA) is 33.5 Å². The van der Waals surface area contributed by atoms with Crippen LogP contribution in [0.1, 0.15) is 11.5 Å². The molecule has 2 rings (SSSR count). The van der Waals surface area contributed by atoms with Gasteiger partial charge in [0.1, 0.15) is 11.5 Å². The third-order valence-corrected chi connectivity index (χ3v) is 4.04. The van der Waals surface area contributed by atoms with Crippen molar-refractivity contribution in [2.24, 2.45) is 0 Å². The Morgan fingerprint density at radius 1 is 1.25 bits per heavy atom. The molecule has 3 nitrogen and oxygen atoms in total. The first-order chi connectivity index (χ1) is 9.54. The summed E-state index contributed by atoms with van der Waals surface area (Å²) in [5, 5.41) is 0.700. The van der Waals surface area contributed by atoms with E-state index in [9.17, 15) is 4.79 Å². The Bertz CT molecular complexity index is 580. The van der Waals surface area contributed by atoms with E-state index in [0.717, 1.165) is 16.4 Å². The molecule has 5 heteroatoms. The zero-order valence-electron chi connectivity index (χ0n) is 11.4. The number of aryl methyl sites for hydroxylation is 1. The van der Waals surface area contributed by atoms with Gasteiger partial charge >= 0.3 is 0 Å². The maximum atomic E-state index is 12.0. The number of furan rings is 1. The molecule has 0 unspecified atom stereocenters. The van der Waals surface area contributed by atoms with E-state index in [4.69, 9.17) is 16.0 Å². The molecule has 0 N–H and O–H groups in total. The van der Waals surface area contributed by atoms with E-state index in [1.165, 1.54) is 11.8 Å². The summed E-state index contributed by atoms with van der Waals surface area (Å²) < 4.78 is 5.46. The van der Waals surface area contributed by atoms with Gasteiger partial charge in [0.05, 0.1) is 12.3 Å². The molecule has 0 aliphatic rings. The van der Waals surface area contributed by atoms with Gasteiger partial charge in [-0.3, -0.25) is 4.79 Å². The molecule has 0 saturated heterocycles. The van der Waals surface area contributed by atoms with Gasteiger partial charge < -0.3 is 9.32 Å². The quantitative estimate of drug-likeness (QED) is 0.783. The summed E-state index contributed by atoms with van der Waals surface area (Å²) in [5.41, 5.74) is 0. The highest BCUT2D eigenvalue weighted by molar-refractivity contribution is 8.00. The lowest BCUT2D eigenvalue weighted by Gasteiger charge is -2.15. The van der Waals surface area contributed by atoms with Crippen LogP contribution in [-0.2, 0) is 11.3 Å². The predicted molar refractivity (Wildman–Crippen MR) is 82.1 cm³/mol. The fraction of sp³-hybridized carbons (Fsp3) is 0.267. The van der Waals surface area contributed by atoms with Crippen molar-refractivity contribution < 1.29 is 9.21 Å². The van der Waals surface area contributed by atoms with Crippen molar-refractivity contribution in [3.05, 3.63) is 52.9 Å². The minimum absolute atomic E-state index is 0.0685. The number of carbonyl (C=O) groups is 1. The first-order valence-corrected chi connectivity index (χ1v) is 7.58. The van der Waals surface area contributed by atoms with Crippen LogP contribution in [0, 0.1) is 6.92 Å². The molecule has 20 heavy (non-hydrogen) atoms. The van der Waals surface area contributed by atoms with E-state index in [0.29, 0.717) is 17.3 Å². The van der Waals surface area contributed by atoms with E-state index in [1.807, 2.05) is 43.3 Å².